The summed E-state index contributed by atoms with van der Waals surface area (Å²) in [6, 6.07) is 0. The minimum absolute atomic E-state index is 0.0108. The highest BCUT2D eigenvalue weighted by atomic mass is 28.4. The highest BCUT2D eigenvalue weighted by molar-refractivity contribution is 6.74. The first-order valence-corrected chi connectivity index (χ1v) is 26.3. The van der Waals surface area contributed by atoms with E-state index in [1.54, 1.807) is 0 Å². The molecular weight excluding hydrogens is 693 g/mol. The van der Waals surface area contributed by atoms with Gasteiger partial charge in [0.1, 0.15) is 23.7 Å². The van der Waals surface area contributed by atoms with Crippen LogP contribution in [-0.4, -0.2) is 89.6 Å². The van der Waals surface area contributed by atoms with Crippen LogP contribution in [0.4, 0.5) is 0 Å². The summed E-state index contributed by atoms with van der Waals surface area (Å²) in [5.74, 6) is -1.40. The first-order chi connectivity index (χ1) is 24.1. The van der Waals surface area contributed by atoms with Gasteiger partial charge in [0.2, 0.25) is 0 Å². The zero-order valence-corrected chi connectivity index (χ0v) is 36.3. The molecule has 6 aliphatic rings. The molecule has 9 nitrogen and oxygen atoms in total. The molecule has 4 fully saturated rings. The Morgan fingerprint density at radius 1 is 1.00 bits per heavy atom. The second-order valence-electron chi connectivity index (χ2n) is 19.4. The maximum Gasteiger partial charge on any atom is 0.316 e. The molecule has 0 N–H and O–H groups in total. The van der Waals surface area contributed by atoms with Crippen LogP contribution in [-0.2, 0) is 42.1 Å². The molecular formula is C41H68O9Si2. The lowest BCUT2D eigenvalue weighted by Gasteiger charge is -2.52. The molecule has 5 aliphatic heterocycles. The Balaban J connectivity index is 1.44. The highest BCUT2D eigenvalue weighted by Gasteiger charge is 2.64. The van der Waals surface area contributed by atoms with Crippen LogP contribution in [0.25, 0.3) is 0 Å². The normalized spacial score (nSPS) is 44.6. The van der Waals surface area contributed by atoms with Crippen LogP contribution in [0, 0.1) is 17.8 Å². The monoisotopic (exact) mass is 760 g/mol. The Morgan fingerprint density at radius 2 is 1.73 bits per heavy atom. The fraction of sp³-hybridized carbons (Fsp3) is 0.829. The van der Waals surface area contributed by atoms with Crippen LogP contribution < -0.4 is 0 Å². The van der Waals surface area contributed by atoms with E-state index in [2.05, 4.69) is 106 Å². The minimum Gasteiger partial charge on any atom is -0.462 e. The van der Waals surface area contributed by atoms with Crippen molar-refractivity contribution in [2.24, 2.45) is 17.8 Å². The fourth-order valence-electron chi connectivity index (χ4n) is 9.01. The van der Waals surface area contributed by atoms with Crippen molar-refractivity contribution >= 4 is 22.6 Å². The van der Waals surface area contributed by atoms with Crippen molar-refractivity contribution in [3.63, 3.8) is 0 Å². The average Bonchev–Trinajstić information content (AvgIpc) is 3.48. The quantitative estimate of drug-likeness (QED) is 0.114. The predicted molar refractivity (Wildman–Crippen MR) is 207 cm³/mol. The topological polar surface area (TPSA) is 94.2 Å². The van der Waals surface area contributed by atoms with Crippen molar-refractivity contribution in [2.45, 2.75) is 185 Å². The Kier molecular flexibility index (Phi) is 11.2. The lowest BCUT2D eigenvalue weighted by molar-refractivity contribution is -0.375. The summed E-state index contributed by atoms with van der Waals surface area (Å²) >= 11 is 0. The molecule has 0 saturated carbocycles. The molecule has 0 unspecified atom stereocenters. The van der Waals surface area contributed by atoms with Gasteiger partial charge in [-0.25, -0.2) is 0 Å². The Morgan fingerprint density at radius 3 is 2.40 bits per heavy atom. The summed E-state index contributed by atoms with van der Waals surface area (Å²) in [6.07, 6.45) is 11.1. The maximum atomic E-state index is 15.0. The van der Waals surface area contributed by atoms with E-state index in [-0.39, 0.29) is 53.0 Å². The molecule has 52 heavy (non-hydrogen) atoms. The predicted octanol–water partition coefficient (Wildman–Crippen LogP) is 8.61. The van der Waals surface area contributed by atoms with E-state index in [0.717, 1.165) is 30.4 Å². The van der Waals surface area contributed by atoms with Crippen molar-refractivity contribution in [3.05, 3.63) is 35.5 Å². The van der Waals surface area contributed by atoms with E-state index in [9.17, 15) is 0 Å². The van der Waals surface area contributed by atoms with Crippen LogP contribution in [0.5, 0.6) is 0 Å². The average molecular weight is 761 g/mol. The van der Waals surface area contributed by atoms with Crippen LogP contribution in [0.1, 0.15) is 93.9 Å². The first kappa shape index (κ1) is 40.5. The van der Waals surface area contributed by atoms with Crippen molar-refractivity contribution in [3.8, 4) is 0 Å². The molecule has 0 radical (unpaired) electrons. The number of fused-ring (bicyclic) bond motifs is 3. The van der Waals surface area contributed by atoms with E-state index in [1.165, 1.54) is 0 Å². The molecule has 1 spiro atoms. The number of hydrogen-bond donors (Lipinski definition) is 0. The summed E-state index contributed by atoms with van der Waals surface area (Å²) in [5.41, 5.74) is 0.636. The van der Waals surface area contributed by atoms with Gasteiger partial charge in [0, 0.05) is 38.2 Å². The molecule has 0 amide bonds. The van der Waals surface area contributed by atoms with Crippen molar-refractivity contribution in [2.75, 3.05) is 13.2 Å². The Hall–Kier alpha value is -1.16. The molecule has 4 saturated heterocycles. The van der Waals surface area contributed by atoms with Gasteiger partial charge >= 0.3 is 5.97 Å². The van der Waals surface area contributed by atoms with Gasteiger partial charge in [-0.1, -0.05) is 58.9 Å². The zero-order chi connectivity index (χ0) is 38.1. The van der Waals surface area contributed by atoms with Gasteiger partial charge in [0.25, 0.3) is 0 Å². The van der Waals surface area contributed by atoms with Gasteiger partial charge in [-0.2, -0.15) is 0 Å². The van der Waals surface area contributed by atoms with Crippen LogP contribution in [0.2, 0.25) is 37.8 Å². The standard InChI is InChI=1S/C41H68O9Si2/c1-14-43-37-27(3)18-19-40(48-37)24-31-21-30(46-40)22-33-39(8,47-33)23-26(2)16-15-17-29-25-44-35-34(49-52(12,13)38(5,6)7)28(4)20-32(36(42)45-31)41(29,35)50-51(9,10)11/h15-17,20,26-27,30-35,37H,14,18-19,21-25H2,1-13H3/b16-15+,29-17+/t26-,27-,30-,31-,32-,33-,34+,35+,37+,39-,40+,41+/m0/s1. The molecule has 0 aromatic rings. The SMILES string of the molecule is CCO[C@@H]1O[C@]2(CC[C@@H]1C)C[C@@H]1C[C@@H](C[C@@H]3O[C@@]3(C)C[C@@H](C)/C=C/C=C3\CO[C@@H]4[C@H](O[Si](C)(C)C(C)(C)C)C(C)=C[C@@H](C(=O)O1)[C@]34O[Si](C)(C)C)O2. The number of rotatable bonds is 6. The molecule has 11 heteroatoms. The van der Waals surface area contributed by atoms with Crippen molar-refractivity contribution < 1.29 is 42.1 Å². The van der Waals surface area contributed by atoms with E-state index >= 15 is 4.79 Å². The van der Waals surface area contributed by atoms with Gasteiger partial charge < -0.3 is 37.3 Å². The second kappa shape index (κ2) is 14.4. The van der Waals surface area contributed by atoms with Gasteiger partial charge in [0.15, 0.2) is 28.7 Å². The smallest absolute Gasteiger partial charge is 0.316 e. The summed E-state index contributed by atoms with van der Waals surface area (Å²) in [4.78, 5) is 15.0. The number of esters is 1. The Labute approximate surface area is 315 Å². The number of hydrogen-bond acceptors (Lipinski definition) is 9. The Bertz CT molecular complexity index is 1430. The third-order valence-corrected chi connectivity index (χ3v) is 18.1. The largest absolute Gasteiger partial charge is 0.462 e. The van der Waals surface area contributed by atoms with Gasteiger partial charge in [-0.05, 0) is 88.5 Å². The lowest BCUT2D eigenvalue weighted by atomic mass is 9.71. The molecule has 2 bridgehead atoms. The van der Waals surface area contributed by atoms with Gasteiger partial charge in [0.05, 0.1) is 30.5 Å². The van der Waals surface area contributed by atoms with E-state index in [0.29, 0.717) is 32.5 Å². The number of allylic oxidation sites excluding steroid dienone is 3. The van der Waals surface area contributed by atoms with E-state index in [1.807, 2.05) is 6.92 Å². The van der Waals surface area contributed by atoms with Crippen LogP contribution in [0.15, 0.2) is 35.5 Å². The summed E-state index contributed by atoms with van der Waals surface area (Å²) in [5, 5.41) is -0.0108. The summed E-state index contributed by atoms with van der Waals surface area (Å²) in [6.45, 7) is 29.5. The summed E-state index contributed by atoms with van der Waals surface area (Å²) < 4.78 is 54.2. The second-order valence-corrected chi connectivity index (χ2v) is 28.6. The van der Waals surface area contributed by atoms with Gasteiger partial charge in [-0.3, -0.25) is 4.79 Å². The van der Waals surface area contributed by atoms with Crippen LogP contribution >= 0.6 is 0 Å². The van der Waals surface area contributed by atoms with Gasteiger partial charge in [-0.15, -0.1) is 0 Å². The fourth-order valence-corrected chi connectivity index (χ4v) is 11.7. The first-order valence-electron chi connectivity index (χ1n) is 20.0. The summed E-state index contributed by atoms with van der Waals surface area (Å²) in [7, 11) is -4.56. The molecule has 0 aromatic heterocycles. The number of ether oxygens (including phenoxy) is 6. The number of carbonyl (C=O) groups excluding carboxylic acids is 1. The maximum absolute atomic E-state index is 15.0. The minimum atomic E-state index is -2.31. The molecule has 12 atom stereocenters. The lowest BCUT2D eigenvalue weighted by Crippen LogP contribution is -2.64. The highest BCUT2D eigenvalue weighted by Crippen LogP contribution is 2.53. The molecule has 6 rings (SSSR count). The van der Waals surface area contributed by atoms with Crippen molar-refractivity contribution in [1.82, 2.24) is 0 Å². The van der Waals surface area contributed by atoms with Crippen LogP contribution in [0.3, 0.4) is 0 Å². The molecule has 0 aromatic carbocycles. The van der Waals surface area contributed by atoms with E-state index < -0.39 is 46.1 Å². The van der Waals surface area contributed by atoms with E-state index in [4.69, 9.17) is 37.3 Å². The third-order valence-electron chi connectivity index (χ3n) is 12.7. The third kappa shape index (κ3) is 8.05. The number of carbonyl (C=O) groups is 1. The molecule has 1 aliphatic carbocycles. The van der Waals surface area contributed by atoms with Crippen molar-refractivity contribution in [1.29, 1.82) is 0 Å². The molecule has 294 valence electrons. The zero-order valence-electron chi connectivity index (χ0n) is 34.3. The number of epoxide rings is 1. The molecule has 5 heterocycles.